The summed E-state index contributed by atoms with van der Waals surface area (Å²) in [6, 6.07) is 5.12. The highest BCUT2D eigenvalue weighted by molar-refractivity contribution is 7.91. The maximum atomic E-state index is 11.9. The van der Waals surface area contributed by atoms with Gasteiger partial charge in [-0.05, 0) is 30.5 Å². The fourth-order valence-corrected chi connectivity index (χ4v) is 4.32. The van der Waals surface area contributed by atoms with Crippen LogP contribution in [0.15, 0.2) is 18.2 Å². The molecule has 0 aliphatic heterocycles. The van der Waals surface area contributed by atoms with E-state index in [1.807, 2.05) is 0 Å². The Balaban J connectivity index is 2.23. The number of anilines is 1. The van der Waals surface area contributed by atoms with E-state index in [4.69, 9.17) is 11.6 Å². The second kappa shape index (κ2) is 6.33. The van der Waals surface area contributed by atoms with E-state index in [0.29, 0.717) is 17.1 Å². The van der Waals surface area contributed by atoms with Crippen LogP contribution >= 0.6 is 11.6 Å². The fourth-order valence-electron chi connectivity index (χ4n) is 2.76. The lowest BCUT2D eigenvalue weighted by molar-refractivity contribution is 0.282. The van der Waals surface area contributed by atoms with Crippen LogP contribution in [-0.4, -0.2) is 31.1 Å². The van der Waals surface area contributed by atoms with Gasteiger partial charge in [-0.25, -0.2) is 8.42 Å². The van der Waals surface area contributed by atoms with Crippen molar-refractivity contribution in [2.24, 2.45) is 0 Å². The molecule has 2 atom stereocenters. The Morgan fingerprint density at radius 3 is 2.70 bits per heavy atom. The molecule has 0 saturated heterocycles. The molecule has 112 valence electrons. The number of rotatable bonds is 4. The van der Waals surface area contributed by atoms with Gasteiger partial charge in [-0.3, -0.25) is 0 Å². The van der Waals surface area contributed by atoms with Crippen molar-refractivity contribution in [3.05, 3.63) is 28.8 Å². The zero-order valence-corrected chi connectivity index (χ0v) is 13.0. The first kappa shape index (κ1) is 15.6. The van der Waals surface area contributed by atoms with Gasteiger partial charge in [0.1, 0.15) is 0 Å². The Kier molecular flexibility index (Phi) is 4.94. The van der Waals surface area contributed by atoms with E-state index < -0.39 is 9.84 Å². The molecule has 2 rings (SSSR count). The number of hydrogen-bond acceptors (Lipinski definition) is 4. The van der Waals surface area contributed by atoms with Crippen LogP contribution in [0.2, 0.25) is 5.02 Å². The lowest BCUT2D eigenvalue weighted by Gasteiger charge is -2.32. The van der Waals surface area contributed by atoms with Crippen LogP contribution in [-0.2, 0) is 16.4 Å². The Morgan fingerprint density at radius 2 is 2.05 bits per heavy atom. The van der Waals surface area contributed by atoms with E-state index in [1.54, 1.807) is 18.2 Å². The van der Waals surface area contributed by atoms with E-state index >= 15 is 0 Å². The zero-order chi connectivity index (χ0) is 14.8. The van der Waals surface area contributed by atoms with Crippen molar-refractivity contribution in [3.63, 3.8) is 0 Å². The van der Waals surface area contributed by atoms with Crippen molar-refractivity contribution >= 4 is 27.1 Å². The summed E-state index contributed by atoms with van der Waals surface area (Å²) in [4.78, 5) is 0. The SMILES string of the molecule is CS(=O)(=O)C1CCCCC1Nc1cc(CO)ccc1Cl. The van der Waals surface area contributed by atoms with Crippen molar-refractivity contribution in [1.29, 1.82) is 0 Å². The third-order valence-corrected chi connectivity index (χ3v) is 5.80. The molecule has 1 aliphatic carbocycles. The van der Waals surface area contributed by atoms with Crippen LogP contribution in [0.5, 0.6) is 0 Å². The number of nitrogens with one attached hydrogen (secondary N) is 1. The highest BCUT2D eigenvalue weighted by Crippen LogP contribution is 2.30. The van der Waals surface area contributed by atoms with E-state index in [9.17, 15) is 13.5 Å². The summed E-state index contributed by atoms with van der Waals surface area (Å²) in [6.45, 7) is -0.0635. The van der Waals surface area contributed by atoms with Gasteiger partial charge in [0, 0.05) is 12.3 Å². The second-order valence-electron chi connectivity index (χ2n) is 5.38. The predicted molar refractivity (Wildman–Crippen MR) is 81.9 cm³/mol. The van der Waals surface area contributed by atoms with Gasteiger partial charge in [-0.1, -0.05) is 30.5 Å². The Bertz CT molecular complexity index is 574. The molecule has 1 aromatic rings. The smallest absolute Gasteiger partial charge is 0.152 e. The molecule has 0 amide bonds. The first-order valence-electron chi connectivity index (χ1n) is 6.76. The minimum absolute atomic E-state index is 0.0635. The van der Waals surface area contributed by atoms with Crippen LogP contribution in [0.1, 0.15) is 31.2 Å². The van der Waals surface area contributed by atoms with Crippen LogP contribution in [0.25, 0.3) is 0 Å². The lowest BCUT2D eigenvalue weighted by Crippen LogP contribution is -2.41. The maximum absolute atomic E-state index is 11.9. The number of sulfone groups is 1. The molecule has 4 nitrogen and oxygen atoms in total. The van der Waals surface area contributed by atoms with Gasteiger partial charge in [0.25, 0.3) is 0 Å². The Morgan fingerprint density at radius 1 is 1.35 bits per heavy atom. The summed E-state index contributed by atoms with van der Waals surface area (Å²) < 4.78 is 23.8. The average molecular weight is 318 g/mol. The second-order valence-corrected chi connectivity index (χ2v) is 8.05. The quantitative estimate of drug-likeness (QED) is 0.896. The van der Waals surface area contributed by atoms with Crippen molar-refractivity contribution in [2.75, 3.05) is 11.6 Å². The molecule has 2 unspecified atom stereocenters. The molecule has 1 aliphatic rings. The van der Waals surface area contributed by atoms with Crippen molar-refractivity contribution in [2.45, 2.75) is 43.6 Å². The highest BCUT2D eigenvalue weighted by Gasteiger charge is 2.32. The molecule has 1 fully saturated rings. The number of benzene rings is 1. The topological polar surface area (TPSA) is 66.4 Å². The van der Waals surface area contributed by atoms with Crippen LogP contribution in [0.4, 0.5) is 5.69 Å². The summed E-state index contributed by atoms with van der Waals surface area (Å²) in [7, 11) is -3.08. The fraction of sp³-hybridized carbons (Fsp3) is 0.571. The lowest BCUT2D eigenvalue weighted by atomic mass is 9.94. The molecule has 0 radical (unpaired) electrons. The average Bonchev–Trinajstić information content (AvgIpc) is 2.41. The molecule has 2 N–H and O–H groups in total. The number of aliphatic hydroxyl groups is 1. The van der Waals surface area contributed by atoms with Gasteiger partial charge in [0.2, 0.25) is 0 Å². The first-order chi connectivity index (χ1) is 9.41. The summed E-state index contributed by atoms with van der Waals surface area (Å²) in [6.07, 6.45) is 4.76. The van der Waals surface area contributed by atoms with Gasteiger partial charge in [0.15, 0.2) is 9.84 Å². The molecule has 0 bridgehead atoms. The molecule has 0 spiro atoms. The molecular weight excluding hydrogens is 298 g/mol. The van der Waals surface area contributed by atoms with E-state index in [2.05, 4.69) is 5.32 Å². The third-order valence-electron chi connectivity index (χ3n) is 3.81. The zero-order valence-electron chi connectivity index (χ0n) is 11.5. The Labute approximate surface area is 125 Å². The van der Waals surface area contributed by atoms with Gasteiger partial charge in [-0.15, -0.1) is 0 Å². The third kappa shape index (κ3) is 3.65. The maximum Gasteiger partial charge on any atom is 0.152 e. The van der Waals surface area contributed by atoms with Crippen molar-refractivity contribution in [1.82, 2.24) is 0 Å². The normalized spacial score (nSPS) is 23.6. The van der Waals surface area contributed by atoms with Crippen molar-refractivity contribution < 1.29 is 13.5 Å². The predicted octanol–water partition coefficient (Wildman–Crippen LogP) is 2.60. The minimum atomic E-state index is -3.08. The van der Waals surface area contributed by atoms with Gasteiger partial charge >= 0.3 is 0 Å². The Hall–Kier alpha value is -0.780. The molecule has 6 heteroatoms. The van der Waals surface area contributed by atoms with Gasteiger partial charge in [0.05, 0.1) is 22.6 Å². The highest BCUT2D eigenvalue weighted by atomic mass is 35.5. The minimum Gasteiger partial charge on any atom is -0.392 e. The standard InChI is InChI=1S/C14H20ClNO3S/c1-20(18,19)14-5-3-2-4-12(14)16-13-8-10(9-17)6-7-11(13)15/h6-8,12,14,16-17H,2-5,9H2,1H3. The molecule has 0 aromatic heterocycles. The summed E-state index contributed by atoms with van der Waals surface area (Å²) in [5.41, 5.74) is 1.45. The molecular formula is C14H20ClNO3S. The monoisotopic (exact) mass is 317 g/mol. The van der Waals surface area contributed by atoms with E-state index in [1.165, 1.54) is 6.26 Å². The number of hydrogen-bond donors (Lipinski definition) is 2. The van der Waals surface area contributed by atoms with Crippen LogP contribution in [0, 0.1) is 0 Å². The summed E-state index contributed by atoms with van der Waals surface area (Å²) in [5, 5.41) is 12.6. The summed E-state index contributed by atoms with van der Waals surface area (Å²) in [5.74, 6) is 0. The first-order valence-corrected chi connectivity index (χ1v) is 9.10. The summed E-state index contributed by atoms with van der Waals surface area (Å²) >= 11 is 6.14. The van der Waals surface area contributed by atoms with Gasteiger partial charge in [-0.2, -0.15) is 0 Å². The van der Waals surface area contributed by atoms with E-state index in [-0.39, 0.29) is 17.9 Å². The number of aliphatic hydroxyl groups excluding tert-OH is 1. The van der Waals surface area contributed by atoms with Crippen molar-refractivity contribution in [3.8, 4) is 0 Å². The molecule has 20 heavy (non-hydrogen) atoms. The number of halogens is 1. The molecule has 1 aromatic carbocycles. The molecule has 1 saturated carbocycles. The van der Waals surface area contributed by atoms with Crippen LogP contribution in [0.3, 0.4) is 0 Å². The van der Waals surface area contributed by atoms with Crippen LogP contribution < -0.4 is 5.32 Å². The molecule has 0 heterocycles. The van der Waals surface area contributed by atoms with Gasteiger partial charge < -0.3 is 10.4 Å². The largest absolute Gasteiger partial charge is 0.392 e. The van der Waals surface area contributed by atoms with E-state index in [0.717, 1.165) is 24.8 Å².